The summed E-state index contributed by atoms with van der Waals surface area (Å²) >= 11 is 4.04. The maximum absolute atomic E-state index is 4.29. The molecular weight excluding hydrogens is 214 g/mol. The van der Waals surface area contributed by atoms with Crippen molar-refractivity contribution in [2.75, 3.05) is 5.75 Å². The van der Waals surface area contributed by atoms with Gasteiger partial charge in [-0.05, 0) is 24.3 Å². The molecule has 16 heavy (non-hydrogen) atoms. The Bertz CT molecular complexity index is 506. The third-order valence-electron chi connectivity index (χ3n) is 2.16. The molecule has 0 aliphatic rings. The predicted molar refractivity (Wildman–Crippen MR) is 70.4 cm³/mol. The normalized spacial score (nSPS) is 9.31. The first kappa shape index (κ1) is 10.8. The van der Waals surface area contributed by atoms with Crippen molar-refractivity contribution in [3.63, 3.8) is 0 Å². The molecule has 0 bridgehead atoms. The van der Waals surface area contributed by atoms with E-state index in [0.717, 1.165) is 16.8 Å². The van der Waals surface area contributed by atoms with Gasteiger partial charge in [0.25, 0.3) is 0 Å². The molecule has 1 aromatic carbocycles. The molecule has 0 saturated heterocycles. The molecule has 0 fully saturated rings. The lowest BCUT2D eigenvalue weighted by atomic mass is 10.1. The smallest absolute Gasteiger partial charge is 0.0701 e. The average Bonchev–Trinajstić information content (AvgIpc) is 2.38. The molecule has 0 unspecified atom stereocenters. The molecule has 0 atom stereocenters. The summed E-state index contributed by atoms with van der Waals surface area (Å²) in [7, 11) is 0. The number of benzene rings is 1. The fourth-order valence-electron chi connectivity index (χ4n) is 1.40. The third kappa shape index (κ3) is 2.65. The minimum absolute atomic E-state index is 0.585. The minimum Gasteiger partial charge on any atom is -0.256 e. The molecule has 0 aliphatic carbocycles. The van der Waals surface area contributed by atoms with Crippen molar-refractivity contribution in [2.24, 2.45) is 0 Å². The first-order valence-corrected chi connectivity index (χ1v) is 5.64. The number of pyridine rings is 1. The van der Waals surface area contributed by atoms with Crippen LogP contribution in [0.4, 0.5) is 0 Å². The molecule has 0 saturated carbocycles. The highest BCUT2D eigenvalue weighted by Crippen LogP contribution is 2.16. The monoisotopic (exact) mass is 225 g/mol. The van der Waals surface area contributed by atoms with Crippen LogP contribution >= 0.6 is 12.6 Å². The summed E-state index contributed by atoms with van der Waals surface area (Å²) in [4.78, 5) is 4.29. The summed E-state index contributed by atoms with van der Waals surface area (Å²) < 4.78 is 0. The van der Waals surface area contributed by atoms with E-state index >= 15 is 0 Å². The van der Waals surface area contributed by atoms with Gasteiger partial charge in [-0.1, -0.05) is 30.0 Å². The second-order valence-electron chi connectivity index (χ2n) is 3.25. The highest BCUT2D eigenvalue weighted by Gasteiger charge is 1.96. The molecule has 2 heteroatoms. The van der Waals surface area contributed by atoms with Crippen LogP contribution in [0.25, 0.3) is 11.3 Å². The Morgan fingerprint density at radius 2 is 1.88 bits per heavy atom. The summed E-state index contributed by atoms with van der Waals surface area (Å²) in [6, 6.07) is 14.0. The number of nitrogens with zero attached hydrogens (tertiary/aromatic N) is 1. The summed E-state index contributed by atoms with van der Waals surface area (Å²) in [5.74, 6) is 6.53. The van der Waals surface area contributed by atoms with Crippen LogP contribution in [0, 0.1) is 11.8 Å². The number of thiol groups is 1. The molecule has 0 amide bonds. The third-order valence-corrected chi connectivity index (χ3v) is 2.32. The molecule has 1 heterocycles. The minimum atomic E-state index is 0.585. The highest BCUT2D eigenvalue weighted by atomic mass is 32.1. The lowest BCUT2D eigenvalue weighted by Crippen LogP contribution is -1.82. The maximum Gasteiger partial charge on any atom is 0.0701 e. The Hall–Kier alpha value is -1.72. The van der Waals surface area contributed by atoms with Crippen LogP contribution in [0.3, 0.4) is 0 Å². The van der Waals surface area contributed by atoms with Crippen molar-refractivity contribution in [1.82, 2.24) is 4.98 Å². The fraction of sp³-hybridized carbons (Fsp3) is 0.0714. The zero-order chi connectivity index (χ0) is 11.2. The van der Waals surface area contributed by atoms with Crippen molar-refractivity contribution in [3.8, 4) is 23.1 Å². The summed E-state index contributed by atoms with van der Waals surface area (Å²) in [6.45, 7) is 0. The lowest BCUT2D eigenvalue weighted by Gasteiger charge is -1.99. The van der Waals surface area contributed by atoms with Gasteiger partial charge in [0.05, 0.1) is 11.4 Å². The number of aromatic nitrogens is 1. The first-order valence-electron chi connectivity index (χ1n) is 5.01. The van der Waals surface area contributed by atoms with E-state index in [1.807, 2.05) is 42.5 Å². The molecule has 0 aliphatic heterocycles. The molecule has 2 aromatic rings. The van der Waals surface area contributed by atoms with Crippen molar-refractivity contribution >= 4 is 12.6 Å². The van der Waals surface area contributed by atoms with Gasteiger partial charge in [0.1, 0.15) is 0 Å². The van der Waals surface area contributed by atoms with Gasteiger partial charge in [0, 0.05) is 17.3 Å². The van der Waals surface area contributed by atoms with Crippen LogP contribution in [0.5, 0.6) is 0 Å². The molecule has 78 valence electrons. The molecule has 2 rings (SSSR count). The Labute approximate surface area is 101 Å². The van der Waals surface area contributed by atoms with Crippen LogP contribution in [0.1, 0.15) is 5.56 Å². The zero-order valence-corrected chi connectivity index (χ0v) is 9.61. The van der Waals surface area contributed by atoms with Crippen LogP contribution in [-0.4, -0.2) is 10.7 Å². The van der Waals surface area contributed by atoms with E-state index in [1.165, 1.54) is 0 Å². The van der Waals surface area contributed by atoms with Gasteiger partial charge in [-0.25, -0.2) is 0 Å². The van der Waals surface area contributed by atoms with Crippen molar-refractivity contribution in [1.29, 1.82) is 0 Å². The van der Waals surface area contributed by atoms with Gasteiger partial charge in [-0.15, -0.1) is 0 Å². The fourth-order valence-corrected chi connectivity index (χ4v) is 1.48. The number of hydrogen-bond acceptors (Lipinski definition) is 2. The Morgan fingerprint density at radius 1 is 1.06 bits per heavy atom. The zero-order valence-electron chi connectivity index (χ0n) is 8.72. The SMILES string of the molecule is SCC#Cc1ccc(-c2ccccn2)cc1. The van der Waals surface area contributed by atoms with Gasteiger partial charge in [0.15, 0.2) is 0 Å². The van der Waals surface area contributed by atoms with Gasteiger partial charge < -0.3 is 0 Å². The molecule has 1 aromatic heterocycles. The van der Waals surface area contributed by atoms with E-state index in [2.05, 4.69) is 29.5 Å². The predicted octanol–water partition coefficient (Wildman–Crippen LogP) is 3.03. The largest absolute Gasteiger partial charge is 0.256 e. The Morgan fingerprint density at radius 3 is 2.50 bits per heavy atom. The second kappa shape index (κ2) is 5.39. The van der Waals surface area contributed by atoms with Gasteiger partial charge >= 0.3 is 0 Å². The molecular formula is C14H11NS. The Kier molecular flexibility index (Phi) is 3.63. The van der Waals surface area contributed by atoms with Gasteiger partial charge in [0.2, 0.25) is 0 Å². The number of hydrogen-bond donors (Lipinski definition) is 1. The second-order valence-corrected chi connectivity index (χ2v) is 3.57. The molecule has 0 radical (unpaired) electrons. The van der Waals surface area contributed by atoms with Crippen LogP contribution in [0.2, 0.25) is 0 Å². The van der Waals surface area contributed by atoms with E-state index in [-0.39, 0.29) is 0 Å². The standard InChI is InChI=1S/C14H11NS/c16-11-3-4-12-6-8-13(9-7-12)14-5-1-2-10-15-14/h1-2,5-10,16H,11H2. The number of rotatable bonds is 1. The first-order chi connectivity index (χ1) is 7.90. The van der Waals surface area contributed by atoms with Crippen molar-refractivity contribution < 1.29 is 0 Å². The van der Waals surface area contributed by atoms with E-state index in [1.54, 1.807) is 6.20 Å². The molecule has 1 nitrogen and oxygen atoms in total. The lowest BCUT2D eigenvalue weighted by molar-refractivity contribution is 1.33. The van der Waals surface area contributed by atoms with Gasteiger partial charge in [-0.3, -0.25) is 4.98 Å². The van der Waals surface area contributed by atoms with Gasteiger partial charge in [-0.2, -0.15) is 12.6 Å². The average molecular weight is 225 g/mol. The quantitative estimate of drug-likeness (QED) is 0.581. The highest BCUT2D eigenvalue weighted by molar-refractivity contribution is 7.80. The van der Waals surface area contributed by atoms with Crippen LogP contribution in [0.15, 0.2) is 48.7 Å². The van der Waals surface area contributed by atoms with Crippen molar-refractivity contribution in [2.45, 2.75) is 0 Å². The summed E-state index contributed by atoms with van der Waals surface area (Å²) in [5, 5.41) is 0. The van der Waals surface area contributed by atoms with Crippen LogP contribution in [-0.2, 0) is 0 Å². The van der Waals surface area contributed by atoms with E-state index in [0.29, 0.717) is 5.75 Å². The maximum atomic E-state index is 4.29. The Balaban J connectivity index is 2.26. The summed E-state index contributed by atoms with van der Waals surface area (Å²) in [6.07, 6.45) is 1.80. The topological polar surface area (TPSA) is 12.9 Å². The van der Waals surface area contributed by atoms with Crippen molar-refractivity contribution in [3.05, 3.63) is 54.2 Å². The van der Waals surface area contributed by atoms with E-state index in [9.17, 15) is 0 Å². The van der Waals surface area contributed by atoms with E-state index < -0.39 is 0 Å². The molecule has 0 N–H and O–H groups in total. The molecule has 0 spiro atoms. The van der Waals surface area contributed by atoms with E-state index in [4.69, 9.17) is 0 Å². The summed E-state index contributed by atoms with van der Waals surface area (Å²) in [5.41, 5.74) is 3.10. The van der Waals surface area contributed by atoms with Crippen LogP contribution < -0.4 is 0 Å².